The number of carboxylic acid groups (broad SMARTS) is 1. The Hall–Kier alpha value is -1.39. The molecule has 1 aliphatic rings. The second kappa shape index (κ2) is 6.52. The Balaban J connectivity index is 1.61. The molecule has 18 heavy (non-hydrogen) atoms. The number of nitrogens with one attached hydrogen (secondary N) is 1. The van der Waals surface area contributed by atoms with E-state index in [1.54, 1.807) is 0 Å². The van der Waals surface area contributed by atoms with E-state index in [1.807, 2.05) is 18.2 Å². The van der Waals surface area contributed by atoms with Crippen LogP contribution in [0.1, 0.15) is 18.4 Å². The van der Waals surface area contributed by atoms with Crippen molar-refractivity contribution in [3.05, 3.63) is 35.9 Å². The molecule has 4 nitrogen and oxygen atoms in total. The number of ether oxygens (including phenoxy) is 1. The smallest absolute Gasteiger partial charge is 0.332 e. The Morgan fingerprint density at radius 3 is 2.78 bits per heavy atom. The van der Waals surface area contributed by atoms with Gasteiger partial charge < -0.3 is 15.2 Å². The van der Waals surface area contributed by atoms with Crippen molar-refractivity contribution in [2.45, 2.75) is 31.5 Å². The topological polar surface area (TPSA) is 58.6 Å². The van der Waals surface area contributed by atoms with Crippen LogP contribution >= 0.6 is 0 Å². The van der Waals surface area contributed by atoms with Crippen LogP contribution in [0.25, 0.3) is 0 Å². The zero-order chi connectivity index (χ0) is 12.8. The minimum absolute atomic E-state index is 0.0434. The highest BCUT2D eigenvalue weighted by atomic mass is 16.5. The molecule has 1 fully saturated rings. The van der Waals surface area contributed by atoms with Gasteiger partial charge in [-0.15, -0.1) is 0 Å². The third-order valence-electron chi connectivity index (χ3n) is 3.19. The highest BCUT2D eigenvalue weighted by Crippen LogP contribution is 2.19. The van der Waals surface area contributed by atoms with Crippen LogP contribution in [-0.2, 0) is 16.0 Å². The van der Waals surface area contributed by atoms with Crippen LogP contribution in [-0.4, -0.2) is 36.4 Å². The zero-order valence-electron chi connectivity index (χ0n) is 10.3. The molecule has 0 spiro atoms. The van der Waals surface area contributed by atoms with Gasteiger partial charge in [0.05, 0.1) is 6.10 Å². The SMILES string of the molecule is O=C(O)C1CCC(CNCCc2ccccc2)O1. The van der Waals surface area contributed by atoms with Gasteiger partial charge in [-0.1, -0.05) is 30.3 Å². The van der Waals surface area contributed by atoms with Crippen molar-refractivity contribution in [1.82, 2.24) is 5.32 Å². The molecule has 98 valence electrons. The predicted molar refractivity (Wildman–Crippen MR) is 68.5 cm³/mol. The summed E-state index contributed by atoms with van der Waals surface area (Å²) in [6.07, 6.45) is 1.87. The zero-order valence-corrected chi connectivity index (χ0v) is 10.3. The van der Waals surface area contributed by atoms with Crippen LogP contribution in [0.3, 0.4) is 0 Å². The van der Waals surface area contributed by atoms with Gasteiger partial charge in [0, 0.05) is 6.54 Å². The summed E-state index contributed by atoms with van der Waals surface area (Å²) in [5.41, 5.74) is 1.31. The van der Waals surface area contributed by atoms with Crippen molar-refractivity contribution in [2.75, 3.05) is 13.1 Å². The van der Waals surface area contributed by atoms with E-state index < -0.39 is 12.1 Å². The van der Waals surface area contributed by atoms with Gasteiger partial charge in [0.25, 0.3) is 0 Å². The average molecular weight is 249 g/mol. The Morgan fingerprint density at radius 1 is 1.33 bits per heavy atom. The van der Waals surface area contributed by atoms with Gasteiger partial charge in [-0.05, 0) is 31.4 Å². The number of benzene rings is 1. The van der Waals surface area contributed by atoms with Crippen molar-refractivity contribution in [1.29, 1.82) is 0 Å². The molecule has 0 radical (unpaired) electrons. The van der Waals surface area contributed by atoms with Gasteiger partial charge in [0.1, 0.15) is 0 Å². The molecule has 1 heterocycles. The largest absolute Gasteiger partial charge is 0.479 e. The summed E-state index contributed by atoms with van der Waals surface area (Å²) in [6, 6.07) is 10.3. The first-order valence-electron chi connectivity index (χ1n) is 6.38. The Labute approximate surface area is 107 Å². The minimum Gasteiger partial charge on any atom is -0.479 e. The summed E-state index contributed by atoms with van der Waals surface area (Å²) < 4.78 is 5.41. The summed E-state index contributed by atoms with van der Waals surface area (Å²) in [7, 11) is 0. The molecule has 0 aromatic heterocycles. The standard InChI is InChI=1S/C14H19NO3/c16-14(17)13-7-6-12(18-13)10-15-9-8-11-4-2-1-3-5-11/h1-5,12-13,15H,6-10H2,(H,16,17). The van der Waals surface area contributed by atoms with Crippen molar-refractivity contribution in [3.8, 4) is 0 Å². The lowest BCUT2D eigenvalue weighted by Gasteiger charge is -2.12. The molecular formula is C14H19NO3. The van der Waals surface area contributed by atoms with Gasteiger partial charge in [0.15, 0.2) is 6.10 Å². The molecule has 1 aliphatic heterocycles. The first kappa shape index (κ1) is 13.1. The molecule has 2 atom stereocenters. The predicted octanol–water partition coefficient (Wildman–Crippen LogP) is 1.45. The van der Waals surface area contributed by atoms with Crippen LogP contribution in [0.4, 0.5) is 0 Å². The number of hydrogen-bond donors (Lipinski definition) is 2. The van der Waals surface area contributed by atoms with Gasteiger partial charge in [-0.3, -0.25) is 0 Å². The Bertz CT molecular complexity index is 380. The Morgan fingerprint density at radius 2 is 2.11 bits per heavy atom. The molecule has 0 aliphatic carbocycles. The van der Waals surface area contributed by atoms with Gasteiger partial charge in [-0.2, -0.15) is 0 Å². The number of carboxylic acids is 1. The van der Waals surface area contributed by atoms with E-state index in [1.165, 1.54) is 5.56 Å². The van der Waals surface area contributed by atoms with Gasteiger partial charge >= 0.3 is 5.97 Å². The molecular weight excluding hydrogens is 230 g/mol. The highest BCUT2D eigenvalue weighted by molar-refractivity contribution is 5.72. The lowest BCUT2D eigenvalue weighted by Crippen LogP contribution is -2.30. The summed E-state index contributed by atoms with van der Waals surface area (Å²) in [4.78, 5) is 10.7. The van der Waals surface area contributed by atoms with Gasteiger partial charge in [0.2, 0.25) is 0 Å². The molecule has 2 N–H and O–H groups in total. The quantitative estimate of drug-likeness (QED) is 0.749. The summed E-state index contributed by atoms with van der Waals surface area (Å²) in [5, 5.41) is 12.1. The number of rotatable bonds is 6. The van der Waals surface area contributed by atoms with E-state index >= 15 is 0 Å². The molecule has 0 amide bonds. The van der Waals surface area contributed by atoms with E-state index in [-0.39, 0.29) is 6.10 Å². The molecule has 0 bridgehead atoms. The fourth-order valence-electron chi connectivity index (χ4n) is 2.18. The fraction of sp³-hybridized carbons (Fsp3) is 0.500. The Kier molecular flexibility index (Phi) is 4.73. The number of carbonyl (C=O) groups is 1. The summed E-state index contributed by atoms with van der Waals surface area (Å²) in [5.74, 6) is -0.846. The van der Waals surface area contributed by atoms with E-state index in [0.717, 1.165) is 25.9 Å². The monoisotopic (exact) mass is 249 g/mol. The third kappa shape index (κ3) is 3.82. The van der Waals surface area contributed by atoms with E-state index in [9.17, 15) is 4.79 Å². The lowest BCUT2D eigenvalue weighted by molar-refractivity contribution is -0.149. The van der Waals surface area contributed by atoms with E-state index in [0.29, 0.717) is 6.42 Å². The van der Waals surface area contributed by atoms with E-state index in [4.69, 9.17) is 9.84 Å². The molecule has 2 unspecified atom stereocenters. The van der Waals surface area contributed by atoms with Crippen LogP contribution in [0, 0.1) is 0 Å². The second-order valence-corrected chi connectivity index (χ2v) is 4.60. The summed E-state index contributed by atoms with van der Waals surface area (Å²) in [6.45, 7) is 1.62. The summed E-state index contributed by atoms with van der Waals surface area (Å²) >= 11 is 0. The maximum Gasteiger partial charge on any atom is 0.332 e. The maximum absolute atomic E-state index is 10.7. The molecule has 2 rings (SSSR count). The van der Waals surface area contributed by atoms with E-state index in [2.05, 4.69) is 17.4 Å². The fourth-order valence-corrected chi connectivity index (χ4v) is 2.18. The lowest BCUT2D eigenvalue weighted by atomic mass is 10.1. The second-order valence-electron chi connectivity index (χ2n) is 4.60. The van der Waals surface area contributed by atoms with Crippen molar-refractivity contribution in [3.63, 3.8) is 0 Å². The van der Waals surface area contributed by atoms with Gasteiger partial charge in [-0.25, -0.2) is 4.79 Å². The van der Waals surface area contributed by atoms with Crippen molar-refractivity contribution >= 4 is 5.97 Å². The third-order valence-corrected chi connectivity index (χ3v) is 3.19. The van der Waals surface area contributed by atoms with Crippen LogP contribution in [0.2, 0.25) is 0 Å². The van der Waals surface area contributed by atoms with Crippen LogP contribution < -0.4 is 5.32 Å². The van der Waals surface area contributed by atoms with Crippen LogP contribution in [0.15, 0.2) is 30.3 Å². The number of aliphatic carboxylic acids is 1. The van der Waals surface area contributed by atoms with Crippen molar-refractivity contribution in [2.24, 2.45) is 0 Å². The molecule has 1 aromatic carbocycles. The minimum atomic E-state index is -0.846. The van der Waals surface area contributed by atoms with Crippen molar-refractivity contribution < 1.29 is 14.6 Å². The molecule has 1 aromatic rings. The number of hydrogen-bond acceptors (Lipinski definition) is 3. The van der Waals surface area contributed by atoms with Crippen LogP contribution in [0.5, 0.6) is 0 Å². The highest BCUT2D eigenvalue weighted by Gasteiger charge is 2.29. The normalized spacial score (nSPS) is 23.1. The first-order valence-corrected chi connectivity index (χ1v) is 6.38. The first-order chi connectivity index (χ1) is 8.75. The maximum atomic E-state index is 10.7. The molecule has 1 saturated heterocycles. The average Bonchev–Trinajstić information content (AvgIpc) is 2.85. The molecule has 0 saturated carbocycles. The molecule has 4 heteroatoms.